The van der Waals surface area contributed by atoms with Crippen LogP contribution in [-0.4, -0.2) is 22.8 Å². The quantitative estimate of drug-likeness (QED) is 0.867. The Kier molecular flexibility index (Phi) is 4.76. The summed E-state index contributed by atoms with van der Waals surface area (Å²) in [6.45, 7) is 5.61. The normalized spacial score (nSPS) is 22.6. The number of aromatic hydroxyl groups is 1. The number of carbonyl (C=O) groups excluding carboxylic acids is 1. The average molecular weight is 291 g/mol. The van der Waals surface area contributed by atoms with Gasteiger partial charge >= 0.3 is 6.09 Å². The summed E-state index contributed by atoms with van der Waals surface area (Å²) in [4.78, 5) is 11.8. The summed E-state index contributed by atoms with van der Waals surface area (Å²) < 4.78 is 5.29. The van der Waals surface area contributed by atoms with E-state index in [0.29, 0.717) is 11.7 Å². The minimum Gasteiger partial charge on any atom is -0.508 e. The summed E-state index contributed by atoms with van der Waals surface area (Å²) in [6.07, 6.45) is 3.70. The molecule has 1 aliphatic rings. The van der Waals surface area contributed by atoms with Crippen LogP contribution in [0.1, 0.15) is 57.9 Å². The first-order chi connectivity index (χ1) is 9.83. The van der Waals surface area contributed by atoms with E-state index in [1.807, 2.05) is 32.9 Å². The number of carbonyl (C=O) groups is 1. The van der Waals surface area contributed by atoms with Crippen LogP contribution in [0.4, 0.5) is 4.79 Å². The molecule has 1 saturated carbocycles. The van der Waals surface area contributed by atoms with Crippen molar-refractivity contribution in [2.45, 2.75) is 64.0 Å². The lowest BCUT2D eigenvalue weighted by Crippen LogP contribution is -2.40. The lowest BCUT2D eigenvalue weighted by molar-refractivity contribution is 0.0491. The zero-order valence-electron chi connectivity index (χ0n) is 13.1. The van der Waals surface area contributed by atoms with Gasteiger partial charge in [-0.3, -0.25) is 0 Å². The highest BCUT2D eigenvalue weighted by molar-refractivity contribution is 5.68. The standard InChI is InChI=1S/C17H25NO3/c1-17(2,3)21-16(20)18-14-8-4-12(5-9-14)13-6-10-15(19)11-7-13/h6-7,10-12,14,19H,4-5,8-9H2,1-3H3,(H,18,20)/t12-,14+. The molecule has 1 aromatic carbocycles. The SMILES string of the molecule is CC(C)(C)OC(=O)N[C@H]1CC[C@@H](c2ccc(O)cc2)CC1. The minimum absolute atomic E-state index is 0.202. The average Bonchev–Trinajstić information content (AvgIpc) is 2.38. The summed E-state index contributed by atoms with van der Waals surface area (Å²) in [5.74, 6) is 0.821. The number of nitrogens with one attached hydrogen (secondary N) is 1. The van der Waals surface area contributed by atoms with Gasteiger partial charge < -0.3 is 15.2 Å². The second-order valence-corrected chi connectivity index (χ2v) is 6.79. The highest BCUT2D eigenvalue weighted by Gasteiger charge is 2.25. The van der Waals surface area contributed by atoms with Gasteiger partial charge in [0, 0.05) is 6.04 Å². The number of ether oxygens (including phenoxy) is 1. The van der Waals surface area contributed by atoms with Crippen molar-refractivity contribution >= 4 is 6.09 Å². The van der Waals surface area contributed by atoms with E-state index < -0.39 is 5.60 Å². The van der Waals surface area contributed by atoms with Gasteiger partial charge in [-0.1, -0.05) is 12.1 Å². The molecule has 1 fully saturated rings. The molecule has 0 atom stereocenters. The molecule has 2 N–H and O–H groups in total. The van der Waals surface area contributed by atoms with Gasteiger partial charge in [0.05, 0.1) is 0 Å². The van der Waals surface area contributed by atoms with Crippen molar-refractivity contribution in [2.24, 2.45) is 0 Å². The molecule has 0 saturated heterocycles. The van der Waals surface area contributed by atoms with E-state index in [4.69, 9.17) is 4.74 Å². The summed E-state index contributed by atoms with van der Waals surface area (Å²) in [5, 5.41) is 12.3. The van der Waals surface area contributed by atoms with Crippen molar-refractivity contribution in [3.05, 3.63) is 29.8 Å². The van der Waals surface area contributed by atoms with E-state index >= 15 is 0 Å². The Balaban J connectivity index is 1.80. The molecule has 21 heavy (non-hydrogen) atoms. The van der Waals surface area contributed by atoms with Crippen molar-refractivity contribution in [3.63, 3.8) is 0 Å². The smallest absolute Gasteiger partial charge is 0.407 e. The zero-order chi connectivity index (χ0) is 15.5. The zero-order valence-corrected chi connectivity index (χ0v) is 13.1. The molecule has 0 spiro atoms. The third-order valence-electron chi connectivity index (χ3n) is 3.81. The van der Waals surface area contributed by atoms with Crippen LogP contribution >= 0.6 is 0 Å². The van der Waals surface area contributed by atoms with Crippen molar-refractivity contribution in [1.82, 2.24) is 5.32 Å². The van der Waals surface area contributed by atoms with Gasteiger partial charge in [0.1, 0.15) is 11.4 Å². The largest absolute Gasteiger partial charge is 0.508 e. The highest BCUT2D eigenvalue weighted by Crippen LogP contribution is 2.33. The van der Waals surface area contributed by atoms with Crippen molar-refractivity contribution in [3.8, 4) is 5.75 Å². The molecular formula is C17H25NO3. The van der Waals surface area contributed by atoms with E-state index in [9.17, 15) is 9.90 Å². The van der Waals surface area contributed by atoms with Crippen LogP contribution in [-0.2, 0) is 4.74 Å². The van der Waals surface area contributed by atoms with E-state index in [2.05, 4.69) is 5.32 Å². The van der Waals surface area contributed by atoms with Crippen molar-refractivity contribution < 1.29 is 14.6 Å². The molecule has 0 aromatic heterocycles. The number of rotatable bonds is 2. The second-order valence-electron chi connectivity index (χ2n) is 6.79. The summed E-state index contributed by atoms with van der Waals surface area (Å²) in [7, 11) is 0. The first kappa shape index (κ1) is 15.7. The molecule has 2 rings (SSSR count). The van der Waals surface area contributed by atoms with Gasteiger partial charge in [0.25, 0.3) is 0 Å². The van der Waals surface area contributed by atoms with Gasteiger partial charge in [-0.2, -0.15) is 0 Å². The predicted molar refractivity (Wildman–Crippen MR) is 82.5 cm³/mol. The summed E-state index contributed by atoms with van der Waals surface area (Å²) in [6, 6.07) is 7.65. The maximum absolute atomic E-state index is 11.8. The third kappa shape index (κ3) is 4.96. The Bertz CT molecular complexity index is 468. The molecule has 4 nitrogen and oxygen atoms in total. The Morgan fingerprint density at radius 1 is 1.14 bits per heavy atom. The highest BCUT2D eigenvalue weighted by atomic mass is 16.6. The predicted octanol–water partition coefficient (Wildman–Crippen LogP) is 3.94. The minimum atomic E-state index is -0.451. The molecule has 116 valence electrons. The molecule has 4 heteroatoms. The van der Waals surface area contributed by atoms with Crippen molar-refractivity contribution in [1.29, 1.82) is 0 Å². The molecule has 0 heterocycles. The molecule has 1 aromatic rings. The maximum atomic E-state index is 11.8. The molecule has 1 amide bonds. The van der Waals surface area contributed by atoms with Crippen LogP contribution in [0.25, 0.3) is 0 Å². The number of alkyl carbamates (subject to hydrolysis) is 1. The van der Waals surface area contributed by atoms with E-state index in [1.54, 1.807) is 12.1 Å². The second kappa shape index (κ2) is 6.37. The van der Waals surface area contributed by atoms with Gasteiger partial charge in [-0.25, -0.2) is 4.79 Å². The van der Waals surface area contributed by atoms with E-state index in [1.165, 1.54) is 5.56 Å². The fourth-order valence-electron chi connectivity index (χ4n) is 2.79. The lowest BCUT2D eigenvalue weighted by atomic mass is 9.82. The number of amides is 1. The Morgan fingerprint density at radius 2 is 1.71 bits per heavy atom. The monoisotopic (exact) mass is 291 g/mol. The lowest BCUT2D eigenvalue weighted by Gasteiger charge is -2.30. The van der Waals surface area contributed by atoms with Crippen LogP contribution in [0, 0.1) is 0 Å². The van der Waals surface area contributed by atoms with Gasteiger partial charge in [0.15, 0.2) is 0 Å². The molecule has 1 aliphatic carbocycles. The third-order valence-corrected chi connectivity index (χ3v) is 3.81. The van der Waals surface area contributed by atoms with Crippen LogP contribution in [0.15, 0.2) is 24.3 Å². The molecule has 0 bridgehead atoms. The topological polar surface area (TPSA) is 58.6 Å². The molecule has 0 radical (unpaired) electrons. The number of hydrogen-bond donors (Lipinski definition) is 2. The van der Waals surface area contributed by atoms with E-state index in [-0.39, 0.29) is 12.1 Å². The summed E-state index contributed by atoms with van der Waals surface area (Å²) >= 11 is 0. The van der Waals surface area contributed by atoms with Crippen LogP contribution in [0.3, 0.4) is 0 Å². The molecular weight excluding hydrogens is 266 g/mol. The summed E-state index contributed by atoms with van der Waals surface area (Å²) in [5.41, 5.74) is 0.816. The first-order valence-electron chi connectivity index (χ1n) is 7.62. The maximum Gasteiger partial charge on any atom is 0.407 e. The number of hydrogen-bond acceptors (Lipinski definition) is 3. The van der Waals surface area contributed by atoms with Gasteiger partial charge in [-0.05, 0) is 70.1 Å². The van der Waals surface area contributed by atoms with Gasteiger partial charge in [0.2, 0.25) is 0 Å². The Labute approximate surface area is 126 Å². The molecule has 0 unspecified atom stereocenters. The van der Waals surface area contributed by atoms with Crippen LogP contribution in [0.2, 0.25) is 0 Å². The fourth-order valence-corrected chi connectivity index (χ4v) is 2.79. The number of phenolic OH excluding ortho intramolecular Hbond substituents is 1. The Hall–Kier alpha value is -1.71. The first-order valence-corrected chi connectivity index (χ1v) is 7.62. The molecule has 0 aliphatic heterocycles. The van der Waals surface area contributed by atoms with Crippen LogP contribution < -0.4 is 5.32 Å². The number of benzene rings is 1. The van der Waals surface area contributed by atoms with Crippen molar-refractivity contribution in [2.75, 3.05) is 0 Å². The van der Waals surface area contributed by atoms with Gasteiger partial charge in [-0.15, -0.1) is 0 Å². The van der Waals surface area contributed by atoms with Crippen LogP contribution in [0.5, 0.6) is 5.75 Å². The number of phenols is 1. The fraction of sp³-hybridized carbons (Fsp3) is 0.588. The van der Waals surface area contributed by atoms with E-state index in [0.717, 1.165) is 25.7 Å². The Morgan fingerprint density at radius 3 is 2.24 bits per heavy atom.